The summed E-state index contributed by atoms with van der Waals surface area (Å²) in [6.07, 6.45) is 4.16. The van der Waals surface area contributed by atoms with E-state index in [2.05, 4.69) is 20.8 Å². The van der Waals surface area contributed by atoms with Crippen LogP contribution in [0.2, 0.25) is 0 Å². The van der Waals surface area contributed by atoms with Crippen molar-refractivity contribution in [2.75, 3.05) is 0 Å². The fourth-order valence-corrected chi connectivity index (χ4v) is 1.51. The Morgan fingerprint density at radius 2 is 2.00 bits per heavy atom. The van der Waals surface area contributed by atoms with Crippen molar-refractivity contribution in [1.29, 1.82) is 0 Å². The Hall–Kier alpha value is -0.260. The molecule has 0 fully saturated rings. The van der Waals surface area contributed by atoms with Crippen LogP contribution in [0.4, 0.5) is 0 Å². The van der Waals surface area contributed by atoms with Gasteiger partial charge in [-0.1, -0.05) is 18.1 Å². The number of allylic oxidation sites excluding steroid dienone is 2. The lowest BCUT2D eigenvalue weighted by Gasteiger charge is -2.20. The van der Waals surface area contributed by atoms with Crippen LogP contribution < -0.4 is 0 Å². The van der Waals surface area contributed by atoms with Gasteiger partial charge < -0.3 is 0 Å². The van der Waals surface area contributed by atoms with E-state index >= 15 is 0 Å². The lowest BCUT2D eigenvalue weighted by Crippen LogP contribution is -2.04. The maximum atomic E-state index is 2.33. The van der Waals surface area contributed by atoms with Crippen molar-refractivity contribution in [2.24, 2.45) is 5.92 Å². The van der Waals surface area contributed by atoms with Crippen LogP contribution in [0.5, 0.6) is 0 Å². The molecule has 9 heavy (non-hydrogen) atoms. The normalized spacial score (nSPS) is 29.0. The number of hydrogen-bond acceptors (Lipinski definition) is 0. The highest BCUT2D eigenvalue weighted by atomic mass is 14.2. The van der Waals surface area contributed by atoms with Gasteiger partial charge >= 0.3 is 0 Å². The molecule has 1 unspecified atom stereocenters. The molecule has 0 aromatic rings. The molecular formula is C9H16. The standard InChI is InChI=1S/C9H16/c1-7-5-4-6-8(2)9(7)3/h7H,4-6H2,1-3H3. The first-order chi connectivity index (χ1) is 4.22. The van der Waals surface area contributed by atoms with Crippen LogP contribution in [0, 0.1) is 5.92 Å². The van der Waals surface area contributed by atoms with Crippen LogP contribution in [-0.2, 0) is 0 Å². The molecule has 1 atom stereocenters. The molecule has 0 N–H and O–H groups in total. The Morgan fingerprint density at radius 1 is 1.33 bits per heavy atom. The van der Waals surface area contributed by atoms with Crippen LogP contribution in [0.15, 0.2) is 11.1 Å². The average molecular weight is 124 g/mol. The van der Waals surface area contributed by atoms with E-state index in [1.165, 1.54) is 19.3 Å². The van der Waals surface area contributed by atoms with Crippen molar-refractivity contribution >= 4 is 0 Å². The lowest BCUT2D eigenvalue weighted by atomic mass is 9.86. The maximum absolute atomic E-state index is 2.33. The van der Waals surface area contributed by atoms with Gasteiger partial charge in [0.2, 0.25) is 0 Å². The fourth-order valence-electron chi connectivity index (χ4n) is 1.51. The zero-order valence-electron chi connectivity index (χ0n) is 6.70. The summed E-state index contributed by atoms with van der Waals surface area (Å²) < 4.78 is 0. The molecule has 1 rings (SSSR count). The van der Waals surface area contributed by atoms with E-state index in [4.69, 9.17) is 0 Å². The van der Waals surface area contributed by atoms with E-state index in [0.29, 0.717) is 0 Å². The smallest absolute Gasteiger partial charge is 0.0232 e. The molecule has 0 aromatic heterocycles. The molecule has 0 aromatic carbocycles. The van der Waals surface area contributed by atoms with Crippen molar-refractivity contribution in [3.05, 3.63) is 11.1 Å². The summed E-state index contributed by atoms with van der Waals surface area (Å²) in [5.41, 5.74) is 3.27. The first-order valence-electron chi connectivity index (χ1n) is 3.88. The van der Waals surface area contributed by atoms with E-state index in [-0.39, 0.29) is 0 Å². The molecule has 0 saturated carbocycles. The first-order valence-corrected chi connectivity index (χ1v) is 3.88. The quantitative estimate of drug-likeness (QED) is 0.435. The minimum absolute atomic E-state index is 0.860. The average Bonchev–Trinajstić information content (AvgIpc) is 1.83. The van der Waals surface area contributed by atoms with Crippen molar-refractivity contribution in [3.63, 3.8) is 0 Å². The largest absolute Gasteiger partial charge is 0.0741 e. The van der Waals surface area contributed by atoms with Crippen LogP contribution in [0.1, 0.15) is 40.0 Å². The van der Waals surface area contributed by atoms with Crippen LogP contribution in [0.3, 0.4) is 0 Å². The highest BCUT2D eigenvalue weighted by molar-refractivity contribution is 5.14. The predicted octanol–water partition coefficient (Wildman–Crippen LogP) is 3.14. The molecule has 0 saturated heterocycles. The summed E-state index contributed by atoms with van der Waals surface area (Å²) in [6.45, 7) is 6.88. The second kappa shape index (κ2) is 2.55. The van der Waals surface area contributed by atoms with E-state index in [1.54, 1.807) is 11.1 Å². The van der Waals surface area contributed by atoms with Gasteiger partial charge in [-0.25, -0.2) is 0 Å². The second-order valence-electron chi connectivity index (χ2n) is 3.26. The van der Waals surface area contributed by atoms with Gasteiger partial charge in [-0.3, -0.25) is 0 Å². The summed E-state index contributed by atoms with van der Waals surface area (Å²) in [6, 6.07) is 0. The van der Waals surface area contributed by atoms with Crippen LogP contribution in [0.25, 0.3) is 0 Å². The van der Waals surface area contributed by atoms with Gasteiger partial charge in [0, 0.05) is 0 Å². The summed E-state index contributed by atoms with van der Waals surface area (Å²) in [5.74, 6) is 0.860. The van der Waals surface area contributed by atoms with Gasteiger partial charge in [-0.05, 0) is 39.0 Å². The molecule has 0 amide bonds. The topological polar surface area (TPSA) is 0 Å². The van der Waals surface area contributed by atoms with Gasteiger partial charge in [-0.15, -0.1) is 0 Å². The SMILES string of the molecule is CC1=C(C)C(C)CCC1. The Kier molecular flexibility index (Phi) is 1.94. The fraction of sp³-hybridized carbons (Fsp3) is 0.778. The zero-order chi connectivity index (χ0) is 6.85. The minimum atomic E-state index is 0.860. The van der Waals surface area contributed by atoms with Gasteiger partial charge in [0.15, 0.2) is 0 Å². The summed E-state index contributed by atoms with van der Waals surface area (Å²) in [7, 11) is 0. The maximum Gasteiger partial charge on any atom is -0.0232 e. The van der Waals surface area contributed by atoms with Crippen molar-refractivity contribution in [1.82, 2.24) is 0 Å². The Morgan fingerprint density at radius 3 is 2.44 bits per heavy atom. The van der Waals surface area contributed by atoms with Crippen molar-refractivity contribution in [3.8, 4) is 0 Å². The molecule has 0 heterocycles. The third-order valence-electron chi connectivity index (χ3n) is 2.60. The zero-order valence-corrected chi connectivity index (χ0v) is 6.70. The minimum Gasteiger partial charge on any atom is -0.0741 e. The molecule has 0 nitrogen and oxygen atoms in total. The molecule has 0 heteroatoms. The first kappa shape index (κ1) is 6.85. The molecule has 1 aliphatic carbocycles. The van der Waals surface area contributed by atoms with Crippen LogP contribution in [-0.4, -0.2) is 0 Å². The van der Waals surface area contributed by atoms with Gasteiger partial charge in [0.25, 0.3) is 0 Å². The van der Waals surface area contributed by atoms with Crippen molar-refractivity contribution < 1.29 is 0 Å². The molecule has 0 spiro atoms. The highest BCUT2D eigenvalue weighted by Gasteiger charge is 2.11. The summed E-state index contributed by atoms with van der Waals surface area (Å²) in [4.78, 5) is 0. The number of rotatable bonds is 0. The highest BCUT2D eigenvalue weighted by Crippen LogP contribution is 2.28. The van der Waals surface area contributed by atoms with Crippen LogP contribution >= 0.6 is 0 Å². The molecule has 0 aliphatic heterocycles. The van der Waals surface area contributed by atoms with E-state index < -0.39 is 0 Å². The van der Waals surface area contributed by atoms with Crippen molar-refractivity contribution in [2.45, 2.75) is 40.0 Å². The number of hydrogen-bond donors (Lipinski definition) is 0. The van der Waals surface area contributed by atoms with E-state index in [0.717, 1.165) is 5.92 Å². The summed E-state index contributed by atoms with van der Waals surface area (Å²) in [5, 5.41) is 0. The van der Waals surface area contributed by atoms with E-state index in [9.17, 15) is 0 Å². The van der Waals surface area contributed by atoms with Gasteiger partial charge in [0.1, 0.15) is 0 Å². The third kappa shape index (κ3) is 1.35. The Bertz CT molecular complexity index is 131. The lowest BCUT2D eigenvalue weighted by molar-refractivity contribution is 0.535. The van der Waals surface area contributed by atoms with E-state index in [1.807, 2.05) is 0 Å². The monoisotopic (exact) mass is 124 g/mol. The predicted molar refractivity (Wildman–Crippen MR) is 41.4 cm³/mol. The third-order valence-corrected chi connectivity index (χ3v) is 2.60. The molecule has 1 aliphatic rings. The molecule has 0 radical (unpaired) electrons. The Labute approximate surface area is 58.0 Å². The molecule has 0 bridgehead atoms. The summed E-state index contributed by atoms with van der Waals surface area (Å²) >= 11 is 0. The molecule has 52 valence electrons. The second-order valence-corrected chi connectivity index (χ2v) is 3.26. The van der Waals surface area contributed by atoms with Gasteiger partial charge in [0.05, 0.1) is 0 Å². The Balaban J connectivity index is 2.72. The molecular weight excluding hydrogens is 108 g/mol. The van der Waals surface area contributed by atoms with Gasteiger partial charge in [-0.2, -0.15) is 0 Å².